The van der Waals surface area contributed by atoms with E-state index in [4.69, 9.17) is 17.0 Å². The number of hydrogen-bond donors (Lipinski definition) is 1. The summed E-state index contributed by atoms with van der Waals surface area (Å²) in [5.41, 5.74) is 5.97. The quantitative estimate of drug-likeness (QED) is 0.478. The topological polar surface area (TPSA) is 59.4 Å². The summed E-state index contributed by atoms with van der Waals surface area (Å²) < 4.78 is 7.02. The maximum absolute atomic E-state index is 11.8. The van der Waals surface area contributed by atoms with Crippen molar-refractivity contribution in [2.75, 3.05) is 13.7 Å². The number of nitrogens with zero attached hydrogens (tertiary/aromatic N) is 3. The van der Waals surface area contributed by atoms with Crippen LogP contribution in [0.5, 0.6) is 0 Å². The van der Waals surface area contributed by atoms with Crippen molar-refractivity contribution in [1.29, 1.82) is 0 Å². The molecule has 7 heteroatoms. The van der Waals surface area contributed by atoms with Gasteiger partial charge in [0.25, 0.3) is 0 Å². The molecule has 0 bridgehead atoms. The lowest BCUT2D eigenvalue weighted by molar-refractivity contribution is 0.0600. The zero-order valence-corrected chi connectivity index (χ0v) is 18.9. The maximum Gasteiger partial charge on any atom is 0.337 e. The molecule has 2 atom stereocenters. The summed E-state index contributed by atoms with van der Waals surface area (Å²) in [6, 6.07) is 15.7. The number of pyridine rings is 1. The lowest BCUT2D eigenvalue weighted by atomic mass is 9.97. The highest BCUT2D eigenvalue weighted by Crippen LogP contribution is 2.41. The van der Waals surface area contributed by atoms with E-state index in [2.05, 4.69) is 46.6 Å². The summed E-state index contributed by atoms with van der Waals surface area (Å²) in [6.45, 7) is 7.14. The molecule has 31 heavy (non-hydrogen) atoms. The number of thiocarbonyl (C=S) groups is 1. The monoisotopic (exact) mass is 434 g/mol. The van der Waals surface area contributed by atoms with Crippen LogP contribution in [0.2, 0.25) is 0 Å². The molecule has 1 fully saturated rings. The summed E-state index contributed by atoms with van der Waals surface area (Å²) in [7, 11) is 1.39. The fourth-order valence-electron chi connectivity index (χ4n) is 4.43. The van der Waals surface area contributed by atoms with Crippen LogP contribution < -0.4 is 5.32 Å². The molecule has 0 spiro atoms. The Balaban J connectivity index is 1.77. The van der Waals surface area contributed by atoms with E-state index in [-0.39, 0.29) is 18.1 Å². The van der Waals surface area contributed by atoms with Gasteiger partial charge in [0.15, 0.2) is 5.11 Å². The summed E-state index contributed by atoms with van der Waals surface area (Å²) in [6.07, 6.45) is 1.82. The maximum atomic E-state index is 11.8. The third kappa shape index (κ3) is 3.70. The van der Waals surface area contributed by atoms with Gasteiger partial charge in [-0.05, 0) is 81.0 Å². The number of ether oxygens (including phenoxy) is 1. The number of aryl methyl sites for hydroxylation is 1. The Kier molecular flexibility index (Phi) is 5.78. The highest BCUT2D eigenvalue weighted by atomic mass is 32.1. The number of likely N-dealkylation sites (N-methyl/N-ethyl adjacent to an activating group) is 1. The molecule has 2 aromatic heterocycles. The molecule has 3 aromatic rings. The normalized spacial score (nSPS) is 18.2. The van der Waals surface area contributed by atoms with Gasteiger partial charge in [-0.15, -0.1) is 0 Å². The molecule has 1 saturated heterocycles. The minimum absolute atomic E-state index is 0.0238. The highest BCUT2D eigenvalue weighted by Gasteiger charge is 2.40. The molecule has 3 heterocycles. The SMILES string of the molecule is CCN1C(=S)NC(c2ccccn2)C1c1cc(C)n(-c2ccc(C(=O)OC)cc2)c1C. The van der Waals surface area contributed by atoms with Crippen molar-refractivity contribution in [2.45, 2.75) is 32.9 Å². The average molecular weight is 435 g/mol. The van der Waals surface area contributed by atoms with Gasteiger partial charge in [-0.1, -0.05) is 6.07 Å². The number of hydrogen-bond acceptors (Lipinski definition) is 4. The molecule has 1 aromatic carbocycles. The molecule has 0 aliphatic carbocycles. The lowest BCUT2D eigenvalue weighted by Crippen LogP contribution is -2.29. The van der Waals surface area contributed by atoms with Gasteiger partial charge in [-0.25, -0.2) is 4.79 Å². The van der Waals surface area contributed by atoms with Gasteiger partial charge >= 0.3 is 5.97 Å². The van der Waals surface area contributed by atoms with E-state index in [1.165, 1.54) is 12.7 Å². The number of carbonyl (C=O) groups excluding carboxylic acids is 1. The number of carbonyl (C=O) groups is 1. The summed E-state index contributed by atoms with van der Waals surface area (Å²) in [4.78, 5) is 18.6. The van der Waals surface area contributed by atoms with Crippen LogP contribution in [0.1, 0.15) is 52.0 Å². The molecule has 4 rings (SSSR count). The van der Waals surface area contributed by atoms with Crippen molar-refractivity contribution in [3.05, 3.63) is 82.9 Å². The molecular formula is C24H26N4O2S. The molecule has 1 aliphatic rings. The zero-order chi connectivity index (χ0) is 22.1. The predicted octanol–water partition coefficient (Wildman–Crippen LogP) is 4.27. The molecule has 0 radical (unpaired) electrons. The van der Waals surface area contributed by atoms with E-state index in [1.807, 2.05) is 36.5 Å². The van der Waals surface area contributed by atoms with Gasteiger partial charge in [-0.3, -0.25) is 4.98 Å². The minimum atomic E-state index is -0.337. The van der Waals surface area contributed by atoms with Crippen LogP contribution in [-0.4, -0.2) is 39.2 Å². The molecule has 2 unspecified atom stereocenters. The van der Waals surface area contributed by atoms with Crippen LogP contribution in [0.25, 0.3) is 5.69 Å². The lowest BCUT2D eigenvalue weighted by Gasteiger charge is -2.27. The number of nitrogens with one attached hydrogen (secondary N) is 1. The van der Waals surface area contributed by atoms with Crippen LogP contribution in [0.15, 0.2) is 54.7 Å². The first-order valence-corrected chi connectivity index (χ1v) is 10.7. The van der Waals surface area contributed by atoms with Crippen molar-refractivity contribution >= 4 is 23.3 Å². The van der Waals surface area contributed by atoms with Gasteiger partial charge in [0.2, 0.25) is 0 Å². The van der Waals surface area contributed by atoms with E-state index in [0.717, 1.165) is 34.4 Å². The molecular weight excluding hydrogens is 408 g/mol. The first-order chi connectivity index (χ1) is 15.0. The van der Waals surface area contributed by atoms with Crippen molar-refractivity contribution < 1.29 is 9.53 Å². The third-order valence-corrected chi connectivity index (χ3v) is 6.23. The molecule has 1 aliphatic heterocycles. The molecule has 160 valence electrons. The summed E-state index contributed by atoms with van der Waals surface area (Å²) in [5.74, 6) is -0.337. The van der Waals surface area contributed by atoms with Crippen LogP contribution in [0.4, 0.5) is 0 Å². The predicted molar refractivity (Wildman–Crippen MR) is 124 cm³/mol. The molecule has 0 amide bonds. The largest absolute Gasteiger partial charge is 0.465 e. The second-order valence-corrected chi connectivity index (χ2v) is 8.00. The van der Waals surface area contributed by atoms with Gasteiger partial charge in [-0.2, -0.15) is 0 Å². The Hall–Kier alpha value is -3.19. The van der Waals surface area contributed by atoms with Crippen molar-refractivity contribution in [3.8, 4) is 5.69 Å². The van der Waals surface area contributed by atoms with E-state index in [0.29, 0.717) is 5.56 Å². The number of methoxy groups -OCH3 is 1. The second-order valence-electron chi connectivity index (χ2n) is 7.61. The van der Waals surface area contributed by atoms with Gasteiger partial charge in [0.05, 0.1) is 30.5 Å². The van der Waals surface area contributed by atoms with Crippen LogP contribution in [-0.2, 0) is 4.74 Å². The average Bonchev–Trinajstić information content (AvgIpc) is 3.28. The zero-order valence-electron chi connectivity index (χ0n) is 18.1. The van der Waals surface area contributed by atoms with Gasteiger partial charge < -0.3 is 19.5 Å². The van der Waals surface area contributed by atoms with Crippen LogP contribution in [0.3, 0.4) is 0 Å². The molecule has 6 nitrogen and oxygen atoms in total. The number of aromatic nitrogens is 2. The van der Waals surface area contributed by atoms with Crippen molar-refractivity contribution in [3.63, 3.8) is 0 Å². The summed E-state index contributed by atoms with van der Waals surface area (Å²) >= 11 is 5.66. The Morgan fingerprint density at radius 2 is 1.94 bits per heavy atom. The van der Waals surface area contributed by atoms with Crippen molar-refractivity contribution in [2.24, 2.45) is 0 Å². The fourth-order valence-corrected chi connectivity index (χ4v) is 4.80. The second kappa shape index (κ2) is 8.51. The van der Waals surface area contributed by atoms with E-state index < -0.39 is 0 Å². The molecule has 1 N–H and O–H groups in total. The minimum Gasteiger partial charge on any atom is -0.465 e. The number of rotatable bonds is 5. The van der Waals surface area contributed by atoms with Crippen molar-refractivity contribution in [1.82, 2.24) is 19.8 Å². The number of benzene rings is 1. The smallest absolute Gasteiger partial charge is 0.337 e. The van der Waals surface area contributed by atoms with E-state index in [9.17, 15) is 4.79 Å². The van der Waals surface area contributed by atoms with Gasteiger partial charge in [0, 0.05) is 29.8 Å². The Labute approximate surface area is 187 Å². The Bertz CT molecular complexity index is 1110. The standard InChI is InChI=1S/C24H26N4O2S/c1-5-27-22(21(26-24(27)31)20-8-6-7-13-25-20)19-14-15(2)28(16(19)3)18-11-9-17(10-12-18)23(29)30-4/h6-14,21-22H,5H2,1-4H3,(H,26,31). The Morgan fingerprint density at radius 1 is 1.19 bits per heavy atom. The number of esters is 1. The summed E-state index contributed by atoms with van der Waals surface area (Å²) in [5, 5.41) is 4.22. The highest BCUT2D eigenvalue weighted by molar-refractivity contribution is 7.80. The van der Waals surface area contributed by atoms with Crippen LogP contribution in [0, 0.1) is 13.8 Å². The van der Waals surface area contributed by atoms with E-state index in [1.54, 1.807) is 12.1 Å². The van der Waals surface area contributed by atoms with Gasteiger partial charge in [0.1, 0.15) is 0 Å². The third-order valence-electron chi connectivity index (χ3n) is 5.87. The fraction of sp³-hybridized carbons (Fsp3) is 0.292. The van der Waals surface area contributed by atoms with Crippen LogP contribution >= 0.6 is 12.2 Å². The Morgan fingerprint density at radius 3 is 2.55 bits per heavy atom. The molecule has 0 saturated carbocycles. The van der Waals surface area contributed by atoms with E-state index >= 15 is 0 Å². The first kappa shape index (κ1) is 21.1. The first-order valence-electron chi connectivity index (χ1n) is 10.3.